The van der Waals surface area contributed by atoms with Crippen LogP contribution in [0, 0.1) is 0 Å². The smallest absolute Gasteiger partial charge is 0.226 e. The van der Waals surface area contributed by atoms with E-state index in [9.17, 15) is 0 Å². The van der Waals surface area contributed by atoms with Gasteiger partial charge in [-0.1, -0.05) is 0 Å². The molecule has 5 nitrogen and oxygen atoms in total. The minimum absolute atomic E-state index is 0.266. The largest absolute Gasteiger partial charge is 0.478 e. The van der Waals surface area contributed by atoms with E-state index in [-0.39, 0.29) is 6.04 Å². The van der Waals surface area contributed by atoms with Crippen LogP contribution in [-0.2, 0) is 6.42 Å². The number of anilines is 1. The van der Waals surface area contributed by atoms with Crippen molar-refractivity contribution in [3.05, 3.63) is 36.4 Å². The summed E-state index contributed by atoms with van der Waals surface area (Å²) in [5, 5.41) is 3.26. The van der Waals surface area contributed by atoms with E-state index in [1.54, 1.807) is 18.5 Å². The van der Waals surface area contributed by atoms with Crippen molar-refractivity contribution >= 4 is 5.95 Å². The predicted octanol–water partition coefficient (Wildman–Crippen LogP) is 2.90. The van der Waals surface area contributed by atoms with Gasteiger partial charge in [0.15, 0.2) is 0 Å². The Bertz CT molecular complexity index is 485. The SMILES string of the molecule is CCOc1ccnc(NC(C)CCc2ccco2)n1. The molecule has 1 N–H and O–H groups in total. The van der Waals surface area contributed by atoms with E-state index in [2.05, 4.69) is 22.2 Å². The lowest BCUT2D eigenvalue weighted by atomic mass is 10.1. The summed E-state index contributed by atoms with van der Waals surface area (Å²) in [5.74, 6) is 2.19. The molecule has 2 rings (SSSR count). The highest BCUT2D eigenvalue weighted by molar-refractivity contribution is 5.28. The normalized spacial score (nSPS) is 12.1. The maximum absolute atomic E-state index is 5.34. The topological polar surface area (TPSA) is 60.2 Å². The molecule has 102 valence electrons. The van der Waals surface area contributed by atoms with Gasteiger partial charge in [-0.25, -0.2) is 4.98 Å². The second kappa shape index (κ2) is 6.78. The summed E-state index contributed by atoms with van der Waals surface area (Å²) in [6.07, 6.45) is 5.24. The van der Waals surface area contributed by atoms with Gasteiger partial charge in [-0.3, -0.25) is 0 Å². The first-order valence-corrected chi connectivity index (χ1v) is 6.52. The number of nitrogens with zero attached hydrogens (tertiary/aromatic N) is 2. The molecule has 0 aliphatic heterocycles. The van der Waals surface area contributed by atoms with Gasteiger partial charge in [0, 0.05) is 24.7 Å². The minimum Gasteiger partial charge on any atom is -0.478 e. The van der Waals surface area contributed by atoms with Gasteiger partial charge in [-0.2, -0.15) is 4.98 Å². The molecule has 0 aromatic carbocycles. The van der Waals surface area contributed by atoms with E-state index < -0.39 is 0 Å². The summed E-state index contributed by atoms with van der Waals surface area (Å²) in [6.45, 7) is 4.63. The Balaban J connectivity index is 1.84. The minimum atomic E-state index is 0.266. The van der Waals surface area contributed by atoms with Crippen molar-refractivity contribution < 1.29 is 9.15 Å². The Morgan fingerprint density at radius 3 is 3.05 bits per heavy atom. The molecule has 2 aromatic heterocycles. The van der Waals surface area contributed by atoms with Crippen molar-refractivity contribution in [2.75, 3.05) is 11.9 Å². The van der Waals surface area contributed by atoms with Crippen LogP contribution in [-0.4, -0.2) is 22.6 Å². The van der Waals surface area contributed by atoms with Gasteiger partial charge in [-0.15, -0.1) is 0 Å². The molecule has 0 spiro atoms. The third-order valence-corrected chi connectivity index (χ3v) is 2.70. The molecule has 5 heteroatoms. The van der Waals surface area contributed by atoms with Crippen molar-refractivity contribution in [2.45, 2.75) is 32.7 Å². The van der Waals surface area contributed by atoms with Gasteiger partial charge in [0.2, 0.25) is 11.8 Å². The molecular formula is C14H19N3O2. The maximum atomic E-state index is 5.34. The fourth-order valence-corrected chi connectivity index (χ4v) is 1.75. The van der Waals surface area contributed by atoms with Crippen molar-refractivity contribution in [1.82, 2.24) is 9.97 Å². The summed E-state index contributed by atoms with van der Waals surface area (Å²) >= 11 is 0. The summed E-state index contributed by atoms with van der Waals surface area (Å²) in [4.78, 5) is 8.46. The first-order chi connectivity index (χ1) is 9.28. The van der Waals surface area contributed by atoms with E-state index in [4.69, 9.17) is 9.15 Å². The van der Waals surface area contributed by atoms with E-state index in [1.807, 2.05) is 19.1 Å². The fourth-order valence-electron chi connectivity index (χ4n) is 1.75. The van der Waals surface area contributed by atoms with Gasteiger partial charge >= 0.3 is 0 Å². The van der Waals surface area contributed by atoms with Gasteiger partial charge < -0.3 is 14.5 Å². The van der Waals surface area contributed by atoms with Crippen LogP contribution >= 0.6 is 0 Å². The first kappa shape index (κ1) is 13.4. The molecule has 1 atom stereocenters. The van der Waals surface area contributed by atoms with Crippen molar-refractivity contribution in [3.8, 4) is 5.88 Å². The highest BCUT2D eigenvalue weighted by Crippen LogP contribution is 2.11. The number of rotatable bonds is 7. The summed E-state index contributed by atoms with van der Waals surface area (Å²) in [5.41, 5.74) is 0. The molecule has 1 unspecified atom stereocenters. The molecule has 0 fully saturated rings. The van der Waals surface area contributed by atoms with Crippen LogP contribution in [0.2, 0.25) is 0 Å². The quantitative estimate of drug-likeness (QED) is 0.830. The van der Waals surface area contributed by atoms with Crippen LogP contribution in [0.1, 0.15) is 26.0 Å². The molecule has 0 aliphatic carbocycles. The Hall–Kier alpha value is -2.04. The average molecular weight is 261 g/mol. The van der Waals surface area contributed by atoms with Gasteiger partial charge in [0.25, 0.3) is 0 Å². The molecule has 0 saturated carbocycles. The molecule has 0 bridgehead atoms. The second-order valence-electron chi connectivity index (χ2n) is 4.31. The third-order valence-electron chi connectivity index (χ3n) is 2.70. The number of aryl methyl sites for hydroxylation is 1. The molecule has 2 aromatic rings. The molecule has 0 aliphatic rings. The molecule has 2 heterocycles. The van der Waals surface area contributed by atoms with E-state index in [1.165, 1.54) is 0 Å². The monoisotopic (exact) mass is 261 g/mol. The second-order valence-corrected chi connectivity index (χ2v) is 4.31. The molecule has 0 saturated heterocycles. The van der Waals surface area contributed by atoms with E-state index >= 15 is 0 Å². The Labute approximate surface area is 113 Å². The van der Waals surface area contributed by atoms with Crippen LogP contribution in [0.3, 0.4) is 0 Å². The lowest BCUT2D eigenvalue weighted by molar-refractivity contribution is 0.326. The van der Waals surface area contributed by atoms with Gasteiger partial charge in [0.05, 0.1) is 12.9 Å². The van der Waals surface area contributed by atoms with E-state index in [0.29, 0.717) is 18.4 Å². The highest BCUT2D eigenvalue weighted by atomic mass is 16.5. The van der Waals surface area contributed by atoms with Crippen LogP contribution in [0.5, 0.6) is 5.88 Å². The first-order valence-electron chi connectivity index (χ1n) is 6.52. The third kappa shape index (κ3) is 4.28. The van der Waals surface area contributed by atoms with Gasteiger partial charge in [-0.05, 0) is 32.4 Å². The van der Waals surface area contributed by atoms with E-state index in [0.717, 1.165) is 18.6 Å². The standard InChI is InChI=1S/C14H19N3O2/c1-3-18-13-8-9-15-14(17-13)16-11(2)6-7-12-5-4-10-19-12/h4-5,8-11H,3,6-7H2,1-2H3,(H,15,16,17). The number of furan rings is 1. The Morgan fingerprint density at radius 2 is 2.32 bits per heavy atom. The van der Waals surface area contributed by atoms with Crippen LogP contribution in [0.15, 0.2) is 35.1 Å². The van der Waals surface area contributed by atoms with Gasteiger partial charge in [0.1, 0.15) is 5.76 Å². The average Bonchev–Trinajstić information content (AvgIpc) is 2.90. The zero-order valence-electron chi connectivity index (χ0n) is 11.3. The van der Waals surface area contributed by atoms with Crippen LogP contribution in [0.25, 0.3) is 0 Å². The summed E-state index contributed by atoms with van der Waals surface area (Å²) in [6, 6.07) is 5.91. The zero-order chi connectivity index (χ0) is 13.5. The number of nitrogens with one attached hydrogen (secondary N) is 1. The highest BCUT2D eigenvalue weighted by Gasteiger charge is 2.06. The lowest BCUT2D eigenvalue weighted by Crippen LogP contribution is -2.17. The lowest BCUT2D eigenvalue weighted by Gasteiger charge is -2.13. The van der Waals surface area contributed by atoms with Crippen molar-refractivity contribution in [3.63, 3.8) is 0 Å². The van der Waals surface area contributed by atoms with Crippen LogP contribution in [0.4, 0.5) is 5.95 Å². The van der Waals surface area contributed by atoms with Crippen molar-refractivity contribution in [1.29, 1.82) is 0 Å². The summed E-state index contributed by atoms with van der Waals surface area (Å²) < 4.78 is 10.6. The number of ether oxygens (including phenoxy) is 1. The molecule has 0 radical (unpaired) electrons. The molecule has 19 heavy (non-hydrogen) atoms. The number of hydrogen-bond acceptors (Lipinski definition) is 5. The molecule has 0 amide bonds. The number of hydrogen-bond donors (Lipinski definition) is 1. The van der Waals surface area contributed by atoms with Crippen LogP contribution < -0.4 is 10.1 Å². The number of aromatic nitrogens is 2. The Kier molecular flexibility index (Phi) is 4.78. The Morgan fingerprint density at radius 1 is 1.42 bits per heavy atom. The zero-order valence-corrected chi connectivity index (χ0v) is 11.3. The molecular weight excluding hydrogens is 242 g/mol. The maximum Gasteiger partial charge on any atom is 0.226 e. The summed E-state index contributed by atoms with van der Waals surface area (Å²) in [7, 11) is 0. The predicted molar refractivity (Wildman–Crippen MR) is 73.3 cm³/mol. The van der Waals surface area contributed by atoms with Crippen molar-refractivity contribution in [2.24, 2.45) is 0 Å². The fraction of sp³-hybridized carbons (Fsp3) is 0.429.